The SMILES string of the molecule is O=C(c1ccccc1OC(F)F)N1CCCN(Cc2ccc(C(F)(F)F)cc2)CC1. The van der Waals surface area contributed by atoms with E-state index in [0.717, 1.165) is 17.7 Å². The molecule has 1 aliphatic heterocycles. The third kappa shape index (κ3) is 5.69. The molecule has 0 unspecified atom stereocenters. The molecule has 1 fully saturated rings. The summed E-state index contributed by atoms with van der Waals surface area (Å²) in [6.07, 6.45) is -3.71. The largest absolute Gasteiger partial charge is 0.434 e. The predicted octanol–water partition coefficient (Wildman–Crippen LogP) is 4.65. The van der Waals surface area contributed by atoms with Gasteiger partial charge in [-0.05, 0) is 36.2 Å². The van der Waals surface area contributed by atoms with E-state index in [-0.39, 0.29) is 17.2 Å². The molecule has 0 radical (unpaired) electrons. The molecule has 3 rings (SSSR count). The molecule has 0 atom stereocenters. The number of hydrogen-bond acceptors (Lipinski definition) is 3. The zero-order valence-corrected chi connectivity index (χ0v) is 16.0. The number of nitrogens with zero attached hydrogens (tertiary/aromatic N) is 2. The van der Waals surface area contributed by atoms with E-state index in [1.54, 1.807) is 11.0 Å². The van der Waals surface area contributed by atoms with Crippen LogP contribution in [-0.4, -0.2) is 48.5 Å². The summed E-state index contributed by atoms with van der Waals surface area (Å²) in [4.78, 5) is 16.5. The van der Waals surface area contributed by atoms with Crippen LogP contribution in [0.4, 0.5) is 22.0 Å². The van der Waals surface area contributed by atoms with Crippen molar-refractivity contribution in [1.82, 2.24) is 9.80 Å². The van der Waals surface area contributed by atoms with Gasteiger partial charge in [-0.25, -0.2) is 0 Å². The van der Waals surface area contributed by atoms with E-state index in [2.05, 4.69) is 9.64 Å². The molecule has 1 heterocycles. The van der Waals surface area contributed by atoms with Gasteiger partial charge in [0, 0.05) is 32.7 Å². The first-order chi connectivity index (χ1) is 14.2. The lowest BCUT2D eigenvalue weighted by molar-refractivity contribution is -0.137. The van der Waals surface area contributed by atoms with Crippen LogP contribution < -0.4 is 4.74 Å². The quantitative estimate of drug-likeness (QED) is 0.650. The Kier molecular flexibility index (Phi) is 6.91. The lowest BCUT2D eigenvalue weighted by Gasteiger charge is -2.23. The number of carbonyl (C=O) groups is 1. The lowest BCUT2D eigenvalue weighted by Crippen LogP contribution is -2.35. The monoisotopic (exact) mass is 428 g/mol. The topological polar surface area (TPSA) is 32.8 Å². The Balaban J connectivity index is 1.62. The summed E-state index contributed by atoms with van der Waals surface area (Å²) >= 11 is 0. The van der Waals surface area contributed by atoms with Crippen molar-refractivity contribution in [2.75, 3.05) is 26.2 Å². The standard InChI is InChI=1S/C21H21F5N2O2/c22-20(23)30-18-5-2-1-4-17(18)19(29)28-11-3-10-27(12-13-28)14-15-6-8-16(9-7-15)21(24,25)26/h1-2,4-9,20H,3,10-14H2. The van der Waals surface area contributed by atoms with E-state index in [1.807, 2.05) is 0 Å². The van der Waals surface area contributed by atoms with Crippen molar-refractivity contribution in [3.63, 3.8) is 0 Å². The molecule has 162 valence electrons. The zero-order chi connectivity index (χ0) is 21.7. The van der Waals surface area contributed by atoms with E-state index in [0.29, 0.717) is 39.1 Å². The summed E-state index contributed by atoms with van der Waals surface area (Å²) in [6, 6.07) is 10.9. The molecular formula is C21H21F5N2O2. The summed E-state index contributed by atoms with van der Waals surface area (Å²) in [5.74, 6) is -0.550. The van der Waals surface area contributed by atoms with Gasteiger partial charge in [-0.15, -0.1) is 0 Å². The van der Waals surface area contributed by atoms with Crippen molar-refractivity contribution in [3.05, 3.63) is 65.2 Å². The Morgan fingerprint density at radius 3 is 2.33 bits per heavy atom. The van der Waals surface area contributed by atoms with E-state index in [1.165, 1.54) is 30.3 Å². The van der Waals surface area contributed by atoms with Crippen LogP contribution in [0.5, 0.6) is 5.75 Å². The average Bonchev–Trinajstić information content (AvgIpc) is 2.93. The third-order valence-electron chi connectivity index (χ3n) is 4.90. The molecule has 1 saturated heterocycles. The van der Waals surface area contributed by atoms with Crippen molar-refractivity contribution in [2.45, 2.75) is 25.8 Å². The van der Waals surface area contributed by atoms with Crippen molar-refractivity contribution < 1.29 is 31.5 Å². The predicted molar refractivity (Wildman–Crippen MR) is 100 cm³/mol. The molecule has 2 aromatic carbocycles. The van der Waals surface area contributed by atoms with Gasteiger partial charge >= 0.3 is 12.8 Å². The smallest absolute Gasteiger partial charge is 0.416 e. The minimum atomic E-state index is -4.37. The first kappa shape index (κ1) is 22.0. The number of ether oxygens (including phenoxy) is 1. The highest BCUT2D eigenvalue weighted by Crippen LogP contribution is 2.29. The van der Waals surface area contributed by atoms with Crippen LogP contribution in [0.1, 0.15) is 27.9 Å². The first-order valence-electron chi connectivity index (χ1n) is 9.45. The van der Waals surface area contributed by atoms with Crippen molar-refractivity contribution in [3.8, 4) is 5.75 Å². The normalized spacial score (nSPS) is 15.9. The van der Waals surface area contributed by atoms with Crippen LogP contribution in [-0.2, 0) is 12.7 Å². The number of para-hydroxylation sites is 1. The molecule has 1 aliphatic rings. The highest BCUT2D eigenvalue weighted by atomic mass is 19.4. The highest BCUT2D eigenvalue weighted by Gasteiger charge is 2.30. The lowest BCUT2D eigenvalue weighted by atomic mass is 10.1. The Morgan fingerprint density at radius 1 is 0.967 bits per heavy atom. The van der Waals surface area contributed by atoms with Crippen LogP contribution in [0.3, 0.4) is 0 Å². The van der Waals surface area contributed by atoms with E-state index >= 15 is 0 Å². The summed E-state index contributed by atoms with van der Waals surface area (Å²) < 4.78 is 67.7. The van der Waals surface area contributed by atoms with Crippen LogP contribution in [0.15, 0.2) is 48.5 Å². The Bertz CT molecular complexity index is 855. The number of carbonyl (C=O) groups excluding carboxylic acids is 1. The fraction of sp³-hybridized carbons (Fsp3) is 0.381. The van der Waals surface area contributed by atoms with Gasteiger partial charge in [-0.2, -0.15) is 22.0 Å². The Hall–Kier alpha value is -2.68. The molecule has 2 aromatic rings. The van der Waals surface area contributed by atoms with Gasteiger partial charge in [0.05, 0.1) is 11.1 Å². The average molecular weight is 428 g/mol. The molecule has 30 heavy (non-hydrogen) atoms. The molecule has 0 aromatic heterocycles. The molecular weight excluding hydrogens is 407 g/mol. The van der Waals surface area contributed by atoms with E-state index < -0.39 is 18.4 Å². The van der Waals surface area contributed by atoms with Crippen LogP contribution >= 0.6 is 0 Å². The van der Waals surface area contributed by atoms with Gasteiger partial charge < -0.3 is 9.64 Å². The van der Waals surface area contributed by atoms with Gasteiger partial charge in [0.1, 0.15) is 5.75 Å². The van der Waals surface area contributed by atoms with Gasteiger partial charge in [-0.3, -0.25) is 9.69 Å². The number of rotatable bonds is 5. The second kappa shape index (κ2) is 9.42. The molecule has 0 spiro atoms. The molecule has 0 aliphatic carbocycles. The summed E-state index contributed by atoms with van der Waals surface area (Å²) in [5.41, 5.74) is 0.135. The minimum Gasteiger partial charge on any atom is -0.434 e. The van der Waals surface area contributed by atoms with Crippen molar-refractivity contribution in [2.24, 2.45) is 0 Å². The van der Waals surface area contributed by atoms with Crippen LogP contribution in [0.25, 0.3) is 0 Å². The second-order valence-corrected chi connectivity index (χ2v) is 6.99. The second-order valence-electron chi connectivity index (χ2n) is 6.99. The fourth-order valence-corrected chi connectivity index (χ4v) is 3.40. The number of halogens is 5. The number of amides is 1. The maximum Gasteiger partial charge on any atom is 0.416 e. The third-order valence-corrected chi connectivity index (χ3v) is 4.90. The van der Waals surface area contributed by atoms with E-state index in [4.69, 9.17) is 0 Å². The summed E-state index contributed by atoms with van der Waals surface area (Å²) in [6.45, 7) is -0.550. The number of alkyl halides is 5. The number of benzene rings is 2. The molecule has 0 N–H and O–H groups in total. The summed E-state index contributed by atoms with van der Waals surface area (Å²) in [7, 11) is 0. The molecule has 9 heteroatoms. The van der Waals surface area contributed by atoms with Gasteiger partial charge in [0.2, 0.25) is 0 Å². The fourth-order valence-electron chi connectivity index (χ4n) is 3.40. The maximum absolute atomic E-state index is 12.8. The Morgan fingerprint density at radius 2 is 1.67 bits per heavy atom. The maximum atomic E-state index is 12.8. The van der Waals surface area contributed by atoms with Gasteiger partial charge in [0.15, 0.2) is 0 Å². The van der Waals surface area contributed by atoms with Crippen LogP contribution in [0.2, 0.25) is 0 Å². The van der Waals surface area contributed by atoms with Gasteiger partial charge in [0.25, 0.3) is 5.91 Å². The van der Waals surface area contributed by atoms with E-state index in [9.17, 15) is 26.7 Å². The van der Waals surface area contributed by atoms with Crippen LogP contribution in [0, 0.1) is 0 Å². The Labute approximate surface area is 170 Å². The molecule has 0 bridgehead atoms. The molecule has 0 saturated carbocycles. The number of hydrogen-bond donors (Lipinski definition) is 0. The first-order valence-corrected chi connectivity index (χ1v) is 9.45. The minimum absolute atomic E-state index is 0.0778. The van der Waals surface area contributed by atoms with Gasteiger partial charge in [-0.1, -0.05) is 24.3 Å². The van der Waals surface area contributed by atoms with Crippen molar-refractivity contribution in [1.29, 1.82) is 0 Å². The zero-order valence-electron chi connectivity index (χ0n) is 16.0. The summed E-state index contributed by atoms with van der Waals surface area (Å²) in [5, 5.41) is 0. The molecule has 1 amide bonds. The van der Waals surface area contributed by atoms with Crippen molar-refractivity contribution >= 4 is 5.91 Å². The highest BCUT2D eigenvalue weighted by molar-refractivity contribution is 5.97. The molecule has 4 nitrogen and oxygen atoms in total.